The minimum Gasteiger partial charge on any atom is -0.367 e. The summed E-state index contributed by atoms with van der Waals surface area (Å²) in [5.41, 5.74) is 0.486. The van der Waals surface area contributed by atoms with E-state index in [-0.39, 0.29) is 5.56 Å². The van der Waals surface area contributed by atoms with E-state index in [1.165, 1.54) is 18.5 Å². The molecule has 0 aliphatic heterocycles. The van der Waals surface area contributed by atoms with Crippen LogP contribution in [0.3, 0.4) is 0 Å². The molecule has 0 radical (unpaired) electrons. The van der Waals surface area contributed by atoms with Crippen LogP contribution in [-0.4, -0.2) is 32.9 Å². The van der Waals surface area contributed by atoms with Crippen LogP contribution in [-0.2, 0) is 6.54 Å². The second kappa shape index (κ2) is 9.55. The SMILES string of the molecule is O=C(c1c(F)c(F)c(F)c(F)c1F)N(Cc1cc(-c2ccc3ncnc(NC4CC4)c3c2)ccc1F)C1CC1. The van der Waals surface area contributed by atoms with Crippen LogP contribution in [0.25, 0.3) is 22.0 Å². The maximum atomic E-state index is 14.9. The number of nitrogens with zero attached hydrogens (tertiary/aromatic N) is 3. The maximum Gasteiger partial charge on any atom is 0.260 e. The van der Waals surface area contributed by atoms with Crippen molar-refractivity contribution >= 4 is 22.6 Å². The van der Waals surface area contributed by atoms with E-state index in [0.717, 1.165) is 23.1 Å². The smallest absolute Gasteiger partial charge is 0.260 e. The number of anilines is 1. The van der Waals surface area contributed by atoms with Crippen LogP contribution in [0.15, 0.2) is 42.7 Å². The number of hydrogen-bond acceptors (Lipinski definition) is 4. The molecule has 3 aromatic carbocycles. The summed E-state index contributed by atoms with van der Waals surface area (Å²) < 4.78 is 84.8. The highest BCUT2D eigenvalue weighted by Gasteiger charge is 2.38. The Morgan fingerprint density at radius 1 is 0.821 bits per heavy atom. The number of benzene rings is 3. The highest BCUT2D eigenvalue weighted by Crippen LogP contribution is 2.35. The van der Waals surface area contributed by atoms with Crippen molar-refractivity contribution in [1.29, 1.82) is 0 Å². The lowest BCUT2D eigenvalue weighted by molar-refractivity contribution is 0.0714. The lowest BCUT2D eigenvalue weighted by Gasteiger charge is -2.24. The Hall–Kier alpha value is -4.15. The Labute approximate surface area is 218 Å². The average molecular weight is 542 g/mol. The van der Waals surface area contributed by atoms with Crippen molar-refractivity contribution in [3.05, 3.63) is 88.8 Å². The normalized spacial score (nSPS) is 15.0. The van der Waals surface area contributed by atoms with Crippen molar-refractivity contribution < 1.29 is 31.1 Å². The molecule has 1 N–H and O–H groups in total. The van der Waals surface area contributed by atoms with Gasteiger partial charge in [0.2, 0.25) is 5.82 Å². The molecule has 0 saturated heterocycles. The van der Waals surface area contributed by atoms with E-state index < -0.39 is 59.0 Å². The summed E-state index contributed by atoms with van der Waals surface area (Å²) in [7, 11) is 0. The highest BCUT2D eigenvalue weighted by molar-refractivity contribution is 5.95. The number of amides is 1. The van der Waals surface area contributed by atoms with Gasteiger partial charge in [0.15, 0.2) is 23.3 Å². The number of rotatable bonds is 7. The first-order valence-corrected chi connectivity index (χ1v) is 12.4. The fraction of sp³-hybridized carbons (Fsp3) is 0.250. The third-order valence-corrected chi connectivity index (χ3v) is 6.95. The van der Waals surface area contributed by atoms with Crippen molar-refractivity contribution in [2.75, 3.05) is 5.32 Å². The molecule has 1 heterocycles. The van der Waals surface area contributed by atoms with Gasteiger partial charge in [-0.05, 0) is 61.1 Å². The monoisotopic (exact) mass is 542 g/mol. The summed E-state index contributed by atoms with van der Waals surface area (Å²) in [6.07, 6.45) is 4.46. The third kappa shape index (κ3) is 4.66. The van der Waals surface area contributed by atoms with Gasteiger partial charge in [-0.25, -0.2) is 36.3 Å². The van der Waals surface area contributed by atoms with Crippen LogP contribution in [0.5, 0.6) is 0 Å². The number of fused-ring (bicyclic) bond motifs is 1. The van der Waals surface area contributed by atoms with E-state index in [1.807, 2.05) is 6.07 Å². The quantitative estimate of drug-likeness (QED) is 0.164. The summed E-state index contributed by atoms with van der Waals surface area (Å²) in [6, 6.07) is 9.53. The maximum absolute atomic E-state index is 14.9. The third-order valence-electron chi connectivity index (χ3n) is 6.95. The van der Waals surface area contributed by atoms with Gasteiger partial charge in [-0.1, -0.05) is 12.1 Å². The molecule has 39 heavy (non-hydrogen) atoms. The Bertz CT molecular complexity index is 1610. The van der Waals surface area contributed by atoms with Gasteiger partial charge in [0.25, 0.3) is 5.91 Å². The summed E-state index contributed by atoms with van der Waals surface area (Å²) in [4.78, 5) is 22.7. The van der Waals surface area contributed by atoms with E-state index in [2.05, 4.69) is 15.3 Å². The number of aromatic nitrogens is 2. The van der Waals surface area contributed by atoms with Crippen LogP contribution in [0, 0.1) is 34.9 Å². The molecule has 6 rings (SSSR count). The van der Waals surface area contributed by atoms with Crippen LogP contribution in [0.4, 0.5) is 32.2 Å². The summed E-state index contributed by atoms with van der Waals surface area (Å²) in [5.74, 6) is -12.6. The molecule has 1 aromatic heterocycles. The number of halogens is 6. The van der Waals surface area contributed by atoms with Crippen molar-refractivity contribution in [3.8, 4) is 11.1 Å². The second-order valence-corrected chi connectivity index (χ2v) is 9.79. The molecule has 0 bridgehead atoms. The van der Waals surface area contributed by atoms with Crippen molar-refractivity contribution in [3.63, 3.8) is 0 Å². The van der Waals surface area contributed by atoms with E-state index in [0.29, 0.717) is 41.3 Å². The minimum atomic E-state index is -2.35. The summed E-state index contributed by atoms with van der Waals surface area (Å²) in [5, 5.41) is 4.13. The van der Waals surface area contributed by atoms with E-state index >= 15 is 0 Å². The first kappa shape index (κ1) is 25.1. The van der Waals surface area contributed by atoms with Crippen LogP contribution in [0.2, 0.25) is 0 Å². The molecule has 2 aliphatic rings. The standard InChI is InChI=1S/C28H20F6N4O/c29-19-7-1-13(14-2-8-20-18(10-14)27(36-12-35-20)37-16-3-4-16)9-15(19)11-38(17-5-6-17)28(39)21-22(30)24(32)26(34)25(33)23(21)31/h1-2,7-10,12,16-17H,3-6,11H2,(H,35,36,37). The minimum absolute atomic E-state index is 0.0253. The second-order valence-electron chi connectivity index (χ2n) is 9.79. The molecular formula is C28H20F6N4O. The van der Waals surface area contributed by atoms with Crippen molar-refractivity contribution in [2.24, 2.45) is 0 Å². The Morgan fingerprint density at radius 2 is 1.46 bits per heavy atom. The van der Waals surface area contributed by atoms with Gasteiger partial charge in [-0.15, -0.1) is 0 Å². The number of nitrogens with one attached hydrogen (secondary N) is 1. The predicted octanol–water partition coefficient (Wildman–Crippen LogP) is 6.51. The molecule has 2 aliphatic carbocycles. The molecule has 0 atom stereocenters. The first-order chi connectivity index (χ1) is 18.7. The molecule has 1 amide bonds. The molecule has 11 heteroatoms. The fourth-order valence-corrected chi connectivity index (χ4v) is 4.52. The Morgan fingerprint density at radius 3 is 2.13 bits per heavy atom. The Kier molecular flexibility index (Phi) is 6.16. The van der Waals surface area contributed by atoms with Gasteiger partial charge in [-0.3, -0.25) is 4.79 Å². The zero-order valence-corrected chi connectivity index (χ0v) is 20.2. The van der Waals surface area contributed by atoms with Gasteiger partial charge in [0.05, 0.1) is 5.52 Å². The zero-order chi connectivity index (χ0) is 27.4. The summed E-state index contributed by atoms with van der Waals surface area (Å²) in [6.45, 7) is -0.423. The van der Waals surface area contributed by atoms with E-state index in [1.54, 1.807) is 18.2 Å². The first-order valence-electron chi connectivity index (χ1n) is 12.4. The molecular weight excluding hydrogens is 522 g/mol. The largest absolute Gasteiger partial charge is 0.367 e. The van der Waals surface area contributed by atoms with Crippen LogP contribution >= 0.6 is 0 Å². The molecule has 0 unspecified atom stereocenters. The number of carbonyl (C=O) groups excluding carboxylic acids is 1. The van der Waals surface area contributed by atoms with Gasteiger partial charge in [0.1, 0.15) is 23.5 Å². The van der Waals surface area contributed by atoms with Crippen LogP contribution < -0.4 is 5.32 Å². The van der Waals surface area contributed by atoms with E-state index in [9.17, 15) is 31.1 Å². The molecule has 5 nitrogen and oxygen atoms in total. The Balaban J connectivity index is 1.35. The number of hydrogen-bond donors (Lipinski definition) is 1. The molecule has 4 aromatic rings. The van der Waals surface area contributed by atoms with Gasteiger partial charge >= 0.3 is 0 Å². The fourth-order valence-electron chi connectivity index (χ4n) is 4.52. The van der Waals surface area contributed by atoms with Crippen molar-refractivity contribution in [1.82, 2.24) is 14.9 Å². The predicted molar refractivity (Wildman–Crippen MR) is 131 cm³/mol. The van der Waals surface area contributed by atoms with Gasteiger partial charge < -0.3 is 10.2 Å². The average Bonchev–Trinajstić information content (AvgIpc) is 3.86. The molecule has 2 fully saturated rings. The van der Waals surface area contributed by atoms with Crippen LogP contribution in [0.1, 0.15) is 41.6 Å². The molecule has 200 valence electrons. The topological polar surface area (TPSA) is 58.1 Å². The molecule has 2 saturated carbocycles. The summed E-state index contributed by atoms with van der Waals surface area (Å²) >= 11 is 0. The number of carbonyl (C=O) groups is 1. The lowest BCUT2D eigenvalue weighted by Crippen LogP contribution is -2.35. The zero-order valence-electron chi connectivity index (χ0n) is 20.2. The highest BCUT2D eigenvalue weighted by atomic mass is 19.2. The molecule has 0 spiro atoms. The van der Waals surface area contributed by atoms with Gasteiger partial charge in [0, 0.05) is 29.6 Å². The van der Waals surface area contributed by atoms with Gasteiger partial charge in [-0.2, -0.15) is 0 Å². The van der Waals surface area contributed by atoms with Crippen molar-refractivity contribution in [2.45, 2.75) is 44.3 Å². The van der Waals surface area contributed by atoms with E-state index in [4.69, 9.17) is 0 Å². The lowest BCUT2D eigenvalue weighted by atomic mass is 10.0.